The Labute approximate surface area is 193 Å². The van der Waals surface area contributed by atoms with Gasteiger partial charge in [-0.15, -0.1) is 0 Å². The molecule has 194 valence electrons. The highest BCUT2D eigenvalue weighted by Gasteiger charge is 2.34. The third-order valence-corrected chi connectivity index (χ3v) is 5.17. The fourth-order valence-corrected chi connectivity index (χ4v) is 3.41. The van der Waals surface area contributed by atoms with Crippen LogP contribution in [0.4, 0.5) is 17.6 Å². The summed E-state index contributed by atoms with van der Waals surface area (Å²) in [6.45, 7) is 3.12. The zero-order valence-electron chi connectivity index (χ0n) is 18.6. The summed E-state index contributed by atoms with van der Waals surface area (Å²) in [5, 5.41) is 35.8. The van der Waals surface area contributed by atoms with E-state index in [1.165, 1.54) is 6.07 Å². The van der Waals surface area contributed by atoms with Crippen molar-refractivity contribution in [2.45, 2.75) is 50.2 Å². The second-order valence-electron chi connectivity index (χ2n) is 7.66. The third kappa shape index (κ3) is 9.89. The zero-order chi connectivity index (χ0) is 25.9. The number of benzene rings is 1. The van der Waals surface area contributed by atoms with E-state index in [1.54, 1.807) is 7.11 Å². The minimum Gasteiger partial charge on any atom is -0.479 e. The van der Waals surface area contributed by atoms with Crippen LogP contribution in [0.25, 0.3) is 0 Å². The summed E-state index contributed by atoms with van der Waals surface area (Å²) < 4.78 is 58.0. The van der Waals surface area contributed by atoms with Gasteiger partial charge in [-0.25, -0.2) is 14.0 Å². The molecule has 0 saturated carbocycles. The molecule has 2 unspecified atom stereocenters. The topological polar surface area (TPSA) is 140 Å². The minimum atomic E-state index is -4.55. The van der Waals surface area contributed by atoms with Gasteiger partial charge in [0.1, 0.15) is 5.82 Å². The number of aliphatic hydroxyl groups excluding tert-OH is 2. The van der Waals surface area contributed by atoms with Crippen molar-refractivity contribution in [1.29, 1.82) is 0 Å². The molecule has 1 aliphatic rings. The Morgan fingerprint density at radius 2 is 1.71 bits per heavy atom. The first-order valence-corrected chi connectivity index (χ1v) is 10.5. The van der Waals surface area contributed by atoms with E-state index in [9.17, 15) is 27.2 Å². The maximum Gasteiger partial charge on any atom is 0.416 e. The number of carboxylic acids is 2. The van der Waals surface area contributed by atoms with Crippen LogP contribution in [0, 0.1) is 5.82 Å². The molecule has 0 aromatic heterocycles. The first-order valence-electron chi connectivity index (χ1n) is 10.5. The Balaban J connectivity index is 0.000000489. The molecular weight excluding hydrogens is 468 g/mol. The van der Waals surface area contributed by atoms with E-state index < -0.39 is 41.7 Å². The summed E-state index contributed by atoms with van der Waals surface area (Å²) in [4.78, 5) is 21.6. The van der Waals surface area contributed by atoms with Crippen LogP contribution in [0.1, 0.15) is 30.4 Å². The second-order valence-corrected chi connectivity index (χ2v) is 7.66. The standard InChI is InChI=1S/C17H24F4N2O.C4H6O6/c1-24-10-2-9-23(15-5-7-22-8-6-15)12-13-3-4-14(18)11-16(13)17(19,20)21;5-1(3(7)8)2(6)4(9)10/h3-4,11,15,22H,2,5-10,12H2,1H3;1-2,5-6H,(H,7,8)(H,9,10). The van der Waals surface area contributed by atoms with Crippen LogP contribution in [0.15, 0.2) is 18.2 Å². The van der Waals surface area contributed by atoms with Gasteiger partial charge in [0.05, 0.1) is 5.56 Å². The first-order chi connectivity index (χ1) is 15.9. The van der Waals surface area contributed by atoms with Gasteiger partial charge in [0.25, 0.3) is 0 Å². The maximum absolute atomic E-state index is 13.3. The van der Waals surface area contributed by atoms with Gasteiger partial charge in [-0.05, 0) is 50.0 Å². The lowest BCUT2D eigenvalue weighted by Crippen LogP contribution is -2.43. The number of ether oxygens (including phenoxy) is 1. The highest BCUT2D eigenvalue weighted by atomic mass is 19.4. The van der Waals surface area contributed by atoms with Gasteiger partial charge >= 0.3 is 18.1 Å². The van der Waals surface area contributed by atoms with Crippen molar-refractivity contribution >= 4 is 11.9 Å². The van der Waals surface area contributed by atoms with Crippen molar-refractivity contribution in [3.63, 3.8) is 0 Å². The predicted molar refractivity (Wildman–Crippen MR) is 111 cm³/mol. The SMILES string of the molecule is COCCCN(Cc1ccc(F)cc1C(F)(F)F)C1CCNCC1.O=C(O)C(O)C(O)C(=O)O. The smallest absolute Gasteiger partial charge is 0.416 e. The predicted octanol–water partition coefficient (Wildman–Crippen LogP) is 1.31. The van der Waals surface area contributed by atoms with Crippen molar-refractivity contribution in [2.75, 3.05) is 33.4 Å². The number of methoxy groups -OCH3 is 1. The molecule has 1 aliphatic heterocycles. The Kier molecular flexibility index (Phi) is 12.4. The second kappa shape index (κ2) is 14.2. The van der Waals surface area contributed by atoms with Crippen LogP contribution < -0.4 is 5.32 Å². The normalized spacial score (nSPS) is 16.5. The molecule has 0 bridgehead atoms. The molecule has 5 N–H and O–H groups in total. The number of alkyl halides is 3. The molecule has 1 fully saturated rings. The van der Waals surface area contributed by atoms with E-state index in [-0.39, 0.29) is 18.2 Å². The molecule has 1 heterocycles. The number of aliphatic carboxylic acids is 2. The lowest BCUT2D eigenvalue weighted by Gasteiger charge is -2.35. The highest BCUT2D eigenvalue weighted by Crippen LogP contribution is 2.33. The largest absolute Gasteiger partial charge is 0.479 e. The van der Waals surface area contributed by atoms with Crippen molar-refractivity contribution in [3.8, 4) is 0 Å². The lowest BCUT2D eigenvalue weighted by atomic mass is 10.0. The average Bonchev–Trinajstić information content (AvgIpc) is 2.78. The Morgan fingerprint density at radius 3 is 2.18 bits per heavy atom. The summed E-state index contributed by atoms with van der Waals surface area (Å²) in [5.41, 5.74) is -0.756. The van der Waals surface area contributed by atoms with Gasteiger partial charge < -0.3 is 30.5 Å². The van der Waals surface area contributed by atoms with Crippen LogP contribution in [-0.2, 0) is 27.0 Å². The van der Waals surface area contributed by atoms with Gasteiger partial charge in [-0.3, -0.25) is 4.90 Å². The van der Waals surface area contributed by atoms with Crippen molar-refractivity contribution in [3.05, 3.63) is 35.1 Å². The Bertz CT molecular complexity index is 771. The number of carboxylic acid groups (broad SMARTS) is 2. The van der Waals surface area contributed by atoms with Crippen LogP contribution in [-0.4, -0.2) is 88.9 Å². The quantitative estimate of drug-likeness (QED) is 0.239. The molecule has 1 aromatic carbocycles. The van der Waals surface area contributed by atoms with E-state index >= 15 is 0 Å². The highest BCUT2D eigenvalue weighted by molar-refractivity contribution is 5.83. The first kappa shape index (κ1) is 29.7. The van der Waals surface area contributed by atoms with E-state index in [0.29, 0.717) is 19.2 Å². The molecular formula is C21H30F4N2O7. The number of hydrogen-bond donors (Lipinski definition) is 5. The number of hydrogen-bond acceptors (Lipinski definition) is 7. The molecule has 0 spiro atoms. The van der Waals surface area contributed by atoms with Crippen LogP contribution >= 0.6 is 0 Å². The van der Waals surface area contributed by atoms with Crippen molar-refractivity contribution in [1.82, 2.24) is 10.2 Å². The van der Waals surface area contributed by atoms with Crippen LogP contribution in [0.3, 0.4) is 0 Å². The van der Waals surface area contributed by atoms with Gasteiger partial charge in [0, 0.05) is 32.8 Å². The molecule has 2 rings (SSSR count). The number of piperidine rings is 1. The summed E-state index contributed by atoms with van der Waals surface area (Å²) in [5.74, 6) is -4.40. The number of nitrogens with one attached hydrogen (secondary N) is 1. The maximum atomic E-state index is 13.3. The number of halogens is 4. The van der Waals surface area contributed by atoms with Crippen molar-refractivity contribution < 1.29 is 52.3 Å². The molecule has 34 heavy (non-hydrogen) atoms. The fraction of sp³-hybridized carbons (Fsp3) is 0.619. The molecule has 1 aromatic rings. The molecule has 9 nitrogen and oxygen atoms in total. The zero-order valence-corrected chi connectivity index (χ0v) is 18.6. The van der Waals surface area contributed by atoms with E-state index in [1.807, 2.05) is 0 Å². The molecule has 2 atom stereocenters. The number of nitrogens with zero attached hydrogens (tertiary/aromatic N) is 1. The summed E-state index contributed by atoms with van der Waals surface area (Å²) in [6, 6.07) is 3.17. The molecule has 0 radical (unpaired) electrons. The average molecular weight is 498 g/mol. The van der Waals surface area contributed by atoms with Crippen molar-refractivity contribution in [2.24, 2.45) is 0 Å². The molecule has 1 saturated heterocycles. The van der Waals surface area contributed by atoms with E-state index in [4.69, 9.17) is 25.2 Å². The lowest BCUT2D eigenvalue weighted by molar-refractivity contribution is -0.165. The summed E-state index contributed by atoms with van der Waals surface area (Å²) >= 11 is 0. The minimum absolute atomic E-state index is 0.125. The van der Waals surface area contributed by atoms with E-state index in [0.717, 1.165) is 38.4 Å². The fourth-order valence-electron chi connectivity index (χ4n) is 3.41. The number of aliphatic hydroxyl groups is 2. The van der Waals surface area contributed by atoms with E-state index in [2.05, 4.69) is 10.2 Å². The van der Waals surface area contributed by atoms with Gasteiger partial charge in [0.15, 0.2) is 12.2 Å². The Morgan fingerprint density at radius 1 is 1.15 bits per heavy atom. The van der Waals surface area contributed by atoms with Crippen LogP contribution in [0.5, 0.6) is 0 Å². The van der Waals surface area contributed by atoms with Gasteiger partial charge in [-0.1, -0.05) is 6.07 Å². The summed E-state index contributed by atoms with van der Waals surface area (Å²) in [6.07, 6.45) is -6.53. The number of carbonyl (C=O) groups is 2. The van der Waals surface area contributed by atoms with Gasteiger partial charge in [-0.2, -0.15) is 13.2 Å². The molecule has 0 amide bonds. The number of rotatable bonds is 10. The Hall–Kier alpha value is -2.32. The van der Waals surface area contributed by atoms with Gasteiger partial charge in [0.2, 0.25) is 0 Å². The monoisotopic (exact) mass is 498 g/mol. The summed E-state index contributed by atoms with van der Waals surface area (Å²) in [7, 11) is 1.61. The molecule has 13 heteroatoms. The third-order valence-electron chi connectivity index (χ3n) is 5.17. The van der Waals surface area contributed by atoms with Crippen LogP contribution in [0.2, 0.25) is 0 Å². The molecule has 0 aliphatic carbocycles.